The first-order valence-electron chi connectivity index (χ1n) is 4.84. The van der Waals surface area contributed by atoms with Gasteiger partial charge in [0, 0.05) is 6.20 Å². The van der Waals surface area contributed by atoms with Gasteiger partial charge in [-0.05, 0) is 17.0 Å². The minimum atomic E-state index is -0.626. The number of rotatable bonds is 1. The fourth-order valence-corrected chi connectivity index (χ4v) is 2.19. The van der Waals surface area contributed by atoms with Gasteiger partial charge in [0.15, 0.2) is 0 Å². The van der Waals surface area contributed by atoms with Crippen LogP contribution in [0.1, 0.15) is 0 Å². The molecule has 0 spiro atoms. The number of benzene rings is 1. The van der Waals surface area contributed by atoms with Gasteiger partial charge in [-0.3, -0.25) is 15.1 Å². The molecule has 0 fully saturated rings. The Morgan fingerprint density at radius 2 is 2.28 bits per heavy atom. The Morgan fingerprint density at radius 1 is 1.50 bits per heavy atom. The van der Waals surface area contributed by atoms with Gasteiger partial charge in [-0.25, -0.2) is 0 Å². The molecule has 90 valence electrons. The molecule has 0 unspecified atom stereocenters. The van der Waals surface area contributed by atoms with Crippen molar-refractivity contribution in [3.8, 4) is 0 Å². The third kappa shape index (κ3) is 1.23. The first-order valence-corrected chi connectivity index (χ1v) is 5.22. The molecule has 0 radical (unpaired) electrons. The third-order valence-corrected chi connectivity index (χ3v) is 2.99. The Kier molecular flexibility index (Phi) is 2.08. The number of aromatic nitrogens is 4. The normalized spacial score (nSPS) is 11.2. The summed E-state index contributed by atoms with van der Waals surface area (Å²) in [5.74, 6) is 0. The van der Waals surface area contributed by atoms with Gasteiger partial charge in [-0.15, -0.1) is 0 Å². The molecule has 0 aliphatic rings. The van der Waals surface area contributed by atoms with E-state index in [9.17, 15) is 15.0 Å². The van der Waals surface area contributed by atoms with Crippen molar-refractivity contribution >= 4 is 39.2 Å². The van der Waals surface area contributed by atoms with Gasteiger partial charge in [-0.2, -0.15) is 5.10 Å². The topological polar surface area (TPSA) is 111 Å². The number of halogens is 1. The number of nitro benzene ring substituents is 1. The van der Waals surface area contributed by atoms with Crippen molar-refractivity contribution in [2.45, 2.75) is 0 Å². The molecule has 2 N–H and O–H groups in total. The van der Waals surface area contributed by atoms with Gasteiger partial charge in [0.1, 0.15) is 10.5 Å². The van der Waals surface area contributed by atoms with E-state index >= 15 is 0 Å². The van der Waals surface area contributed by atoms with Crippen molar-refractivity contribution in [2.75, 3.05) is 0 Å². The molecule has 0 bridgehead atoms. The van der Waals surface area contributed by atoms with Crippen molar-refractivity contribution in [1.29, 1.82) is 0 Å². The third-order valence-electron chi connectivity index (χ3n) is 2.62. The van der Waals surface area contributed by atoms with Crippen LogP contribution in [0.25, 0.3) is 21.9 Å². The SMILES string of the molecule is O=[N+]([O-])c1c2cccnc2c(Cl)c2[nH][nH][n+](=O)c12. The van der Waals surface area contributed by atoms with Gasteiger partial charge in [0.2, 0.25) is 5.52 Å². The number of hydrogen-bond acceptors (Lipinski definition) is 4. The second kappa shape index (κ2) is 3.50. The highest BCUT2D eigenvalue weighted by atomic mass is 35.5. The Labute approximate surface area is 103 Å². The Hall–Kier alpha value is -2.48. The lowest BCUT2D eigenvalue weighted by molar-refractivity contribution is -0.541. The summed E-state index contributed by atoms with van der Waals surface area (Å²) in [4.78, 5) is 26.1. The molecule has 0 amide bonds. The summed E-state index contributed by atoms with van der Waals surface area (Å²) in [5, 5.41) is 16.2. The number of hydrogen-bond donors (Lipinski definition) is 2. The molecule has 9 heteroatoms. The molecule has 3 aromatic rings. The summed E-state index contributed by atoms with van der Waals surface area (Å²) < 4.78 is 0.270. The van der Waals surface area contributed by atoms with Gasteiger partial charge in [0.25, 0.3) is 0 Å². The molecule has 0 saturated carbocycles. The predicted molar refractivity (Wildman–Crippen MR) is 63.0 cm³/mol. The van der Waals surface area contributed by atoms with Crippen LogP contribution in [0.15, 0.2) is 18.3 Å². The fraction of sp³-hybridized carbons (Fsp3) is 0. The molecular weight excluding hydrogens is 262 g/mol. The van der Waals surface area contributed by atoms with Crippen LogP contribution in [0.2, 0.25) is 5.02 Å². The van der Waals surface area contributed by atoms with E-state index in [0.29, 0.717) is 0 Å². The van der Waals surface area contributed by atoms with E-state index in [-0.39, 0.29) is 37.2 Å². The molecule has 0 saturated heterocycles. The molecule has 0 aliphatic heterocycles. The zero-order chi connectivity index (χ0) is 12.9. The van der Waals surface area contributed by atoms with Gasteiger partial charge < -0.3 is 0 Å². The van der Waals surface area contributed by atoms with Crippen molar-refractivity contribution in [3.63, 3.8) is 0 Å². The van der Waals surface area contributed by atoms with Crippen LogP contribution in [-0.4, -0.2) is 20.2 Å². The highest BCUT2D eigenvalue weighted by molar-refractivity contribution is 6.40. The fourth-order valence-electron chi connectivity index (χ4n) is 1.90. The van der Waals surface area contributed by atoms with E-state index in [2.05, 4.69) is 15.3 Å². The van der Waals surface area contributed by atoms with Crippen molar-refractivity contribution in [3.05, 3.63) is 38.4 Å². The Bertz CT molecular complexity index is 852. The number of fused-ring (bicyclic) bond motifs is 2. The van der Waals surface area contributed by atoms with E-state index in [1.807, 2.05) is 0 Å². The maximum absolute atomic E-state index is 11.5. The summed E-state index contributed by atoms with van der Waals surface area (Å²) in [6.07, 6.45) is 1.47. The molecule has 0 atom stereocenters. The number of non-ortho nitro benzene ring substituents is 1. The van der Waals surface area contributed by atoms with Crippen LogP contribution >= 0.6 is 11.6 Å². The Balaban J connectivity index is 2.74. The quantitative estimate of drug-likeness (QED) is 0.395. The molecule has 0 aliphatic carbocycles. The van der Waals surface area contributed by atoms with E-state index in [1.165, 1.54) is 12.3 Å². The first kappa shape index (κ1) is 10.7. The predicted octanol–water partition coefficient (Wildman–Crippen LogP) is 1.52. The molecular formula is C9H5ClN5O3+. The molecule has 1 aromatic carbocycles. The number of nitrogens with one attached hydrogen (secondary N) is 2. The van der Waals surface area contributed by atoms with E-state index in [1.54, 1.807) is 6.07 Å². The number of nitrogens with zero attached hydrogens (tertiary/aromatic N) is 3. The molecule has 18 heavy (non-hydrogen) atoms. The van der Waals surface area contributed by atoms with Crippen molar-refractivity contribution in [1.82, 2.24) is 15.3 Å². The van der Waals surface area contributed by atoms with E-state index < -0.39 is 4.92 Å². The molecule has 3 rings (SSSR count). The monoisotopic (exact) mass is 266 g/mol. The molecule has 2 heterocycles. The summed E-state index contributed by atoms with van der Waals surface area (Å²) in [5.41, 5.74) is -0.0470. The van der Waals surface area contributed by atoms with Crippen LogP contribution < -0.4 is 4.54 Å². The standard InChI is InChI=1S/C9H5ClN5O3/c10-5-6-4(2-1-3-11-6)8(15(17)18)9-7(5)12-13-14(9)16/h1-3H,(H2,12,13,16)/q+1. The minimum absolute atomic E-state index is 0.148. The van der Waals surface area contributed by atoms with Crippen molar-refractivity contribution in [2.24, 2.45) is 0 Å². The molecule has 2 aromatic heterocycles. The lowest BCUT2D eigenvalue weighted by Crippen LogP contribution is -2.16. The summed E-state index contributed by atoms with van der Waals surface area (Å²) in [6, 6.07) is 3.04. The van der Waals surface area contributed by atoms with E-state index in [0.717, 1.165) is 0 Å². The summed E-state index contributed by atoms with van der Waals surface area (Å²) in [6.45, 7) is 0. The van der Waals surface area contributed by atoms with Crippen molar-refractivity contribution < 1.29 is 9.47 Å². The average molecular weight is 267 g/mol. The van der Waals surface area contributed by atoms with Crippen LogP contribution in [-0.2, 0) is 0 Å². The highest BCUT2D eigenvalue weighted by Crippen LogP contribution is 2.36. The maximum Gasteiger partial charge on any atom is 0.336 e. The highest BCUT2D eigenvalue weighted by Gasteiger charge is 2.30. The second-order valence-electron chi connectivity index (χ2n) is 3.57. The van der Waals surface area contributed by atoms with Gasteiger partial charge in [-0.1, -0.05) is 16.8 Å². The number of aromatic amines is 2. The van der Waals surface area contributed by atoms with Gasteiger partial charge >= 0.3 is 11.2 Å². The number of H-pyrrole nitrogens is 2. The first-order chi connectivity index (χ1) is 8.61. The average Bonchev–Trinajstić information content (AvgIpc) is 2.72. The minimum Gasteiger partial charge on any atom is -0.258 e. The zero-order valence-electron chi connectivity index (χ0n) is 8.68. The van der Waals surface area contributed by atoms with E-state index in [4.69, 9.17) is 11.6 Å². The summed E-state index contributed by atoms with van der Waals surface area (Å²) in [7, 11) is 0. The second-order valence-corrected chi connectivity index (χ2v) is 3.95. The van der Waals surface area contributed by atoms with Crippen LogP contribution in [0.3, 0.4) is 0 Å². The largest absolute Gasteiger partial charge is 0.336 e. The lowest BCUT2D eigenvalue weighted by atomic mass is 10.1. The summed E-state index contributed by atoms with van der Waals surface area (Å²) >= 11 is 6.08. The smallest absolute Gasteiger partial charge is 0.258 e. The molecule has 8 nitrogen and oxygen atoms in total. The zero-order valence-corrected chi connectivity index (χ0v) is 9.43. The lowest BCUT2D eigenvalue weighted by Gasteiger charge is -1.98. The number of nitro groups is 1. The van der Waals surface area contributed by atoms with Crippen LogP contribution in [0, 0.1) is 15.0 Å². The maximum atomic E-state index is 11.5. The van der Waals surface area contributed by atoms with Crippen LogP contribution in [0.4, 0.5) is 5.69 Å². The van der Waals surface area contributed by atoms with Crippen LogP contribution in [0.5, 0.6) is 0 Å². The van der Waals surface area contributed by atoms with Gasteiger partial charge in [0.05, 0.1) is 14.9 Å². The number of pyridine rings is 1. The Morgan fingerprint density at radius 3 is 3.00 bits per heavy atom.